The highest BCUT2D eigenvalue weighted by Gasteiger charge is 2.15. The maximum Gasteiger partial charge on any atom is 0.311 e. The van der Waals surface area contributed by atoms with Crippen LogP contribution in [0.4, 0.5) is 17.3 Å². The van der Waals surface area contributed by atoms with Crippen LogP contribution in [0.3, 0.4) is 0 Å². The molecule has 1 unspecified atom stereocenters. The number of pyridine rings is 1. The standard InChI is InChI=1S/C9H15N5O3/c1-6(15)4-5-11-9-7(14(16)17)2-3-8(12-9)13-10/h2-3,6,15H,4-5,10H2,1H3,(H2,11,12,13). The summed E-state index contributed by atoms with van der Waals surface area (Å²) >= 11 is 0. The van der Waals surface area contributed by atoms with Crippen molar-refractivity contribution in [3.05, 3.63) is 22.2 Å². The number of aromatic nitrogens is 1. The average molecular weight is 241 g/mol. The zero-order valence-corrected chi connectivity index (χ0v) is 9.38. The number of nitrogen functional groups attached to an aromatic ring is 1. The van der Waals surface area contributed by atoms with E-state index in [1.54, 1.807) is 6.92 Å². The van der Waals surface area contributed by atoms with Gasteiger partial charge in [-0.05, 0) is 19.4 Å². The molecule has 8 heteroatoms. The lowest BCUT2D eigenvalue weighted by atomic mass is 10.3. The molecule has 0 fully saturated rings. The van der Waals surface area contributed by atoms with Crippen molar-refractivity contribution in [2.24, 2.45) is 5.84 Å². The van der Waals surface area contributed by atoms with E-state index in [4.69, 9.17) is 10.9 Å². The Morgan fingerprint density at radius 1 is 1.65 bits per heavy atom. The van der Waals surface area contributed by atoms with Crippen LogP contribution in [0.15, 0.2) is 12.1 Å². The van der Waals surface area contributed by atoms with Gasteiger partial charge >= 0.3 is 5.69 Å². The third kappa shape index (κ3) is 3.85. The minimum Gasteiger partial charge on any atom is -0.393 e. The van der Waals surface area contributed by atoms with Crippen LogP contribution < -0.4 is 16.6 Å². The number of nitrogens with zero attached hydrogens (tertiary/aromatic N) is 2. The van der Waals surface area contributed by atoms with Crippen LogP contribution >= 0.6 is 0 Å². The van der Waals surface area contributed by atoms with Crippen molar-refractivity contribution < 1.29 is 10.0 Å². The van der Waals surface area contributed by atoms with E-state index in [2.05, 4.69) is 15.7 Å². The van der Waals surface area contributed by atoms with E-state index in [0.29, 0.717) is 18.8 Å². The second-order valence-corrected chi connectivity index (χ2v) is 3.53. The van der Waals surface area contributed by atoms with Crippen LogP contribution in [0.1, 0.15) is 13.3 Å². The molecule has 0 radical (unpaired) electrons. The summed E-state index contributed by atoms with van der Waals surface area (Å²) < 4.78 is 0. The van der Waals surface area contributed by atoms with E-state index in [1.807, 2.05) is 0 Å². The smallest absolute Gasteiger partial charge is 0.311 e. The first-order valence-electron chi connectivity index (χ1n) is 5.08. The lowest BCUT2D eigenvalue weighted by Crippen LogP contribution is -2.14. The average Bonchev–Trinajstić information content (AvgIpc) is 2.28. The first-order chi connectivity index (χ1) is 8.04. The fraction of sp³-hybridized carbons (Fsp3) is 0.444. The Hall–Kier alpha value is -1.93. The molecule has 0 aliphatic carbocycles. The molecule has 0 aromatic carbocycles. The molecule has 1 rings (SSSR count). The summed E-state index contributed by atoms with van der Waals surface area (Å²) in [5.74, 6) is 5.63. The first-order valence-corrected chi connectivity index (χ1v) is 5.08. The molecule has 0 spiro atoms. The molecule has 1 atom stereocenters. The molecular formula is C9H15N5O3. The fourth-order valence-electron chi connectivity index (χ4n) is 1.21. The van der Waals surface area contributed by atoms with E-state index < -0.39 is 11.0 Å². The van der Waals surface area contributed by atoms with Gasteiger partial charge in [0.1, 0.15) is 5.82 Å². The van der Waals surface area contributed by atoms with Crippen molar-refractivity contribution in [2.45, 2.75) is 19.4 Å². The minimum absolute atomic E-state index is 0.130. The summed E-state index contributed by atoms with van der Waals surface area (Å²) in [5.41, 5.74) is 2.18. The van der Waals surface area contributed by atoms with Crippen LogP contribution in [0.2, 0.25) is 0 Å². The van der Waals surface area contributed by atoms with Crippen LogP contribution in [-0.2, 0) is 0 Å². The molecule has 0 amide bonds. The Labute approximate surface area is 98.0 Å². The molecule has 0 aliphatic rings. The number of nitrogens with one attached hydrogen (secondary N) is 2. The predicted octanol–water partition coefficient (Wildman–Crippen LogP) is 0.458. The van der Waals surface area contributed by atoms with Crippen molar-refractivity contribution in [3.8, 4) is 0 Å². The van der Waals surface area contributed by atoms with Gasteiger partial charge in [-0.15, -0.1) is 0 Å². The first kappa shape index (κ1) is 13.1. The van der Waals surface area contributed by atoms with Gasteiger partial charge in [0.05, 0.1) is 11.0 Å². The Morgan fingerprint density at radius 2 is 2.35 bits per heavy atom. The summed E-state index contributed by atoms with van der Waals surface area (Å²) in [7, 11) is 0. The third-order valence-corrected chi connectivity index (χ3v) is 2.07. The molecule has 0 aliphatic heterocycles. The van der Waals surface area contributed by atoms with Crippen LogP contribution in [0.25, 0.3) is 0 Å². The van der Waals surface area contributed by atoms with Gasteiger partial charge in [-0.3, -0.25) is 10.1 Å². The number of nitrogens with two attached hydrogens (primary N) is 1. The number of aliphatic hydroxyl groups excluding tert-OH is 1. The molecule has 0 bridgehead atoms. The molecule has 0 saturated carbocycles. The predicted molar refractivity (Wildman–Crippen MR) is 63.5 cm³/mol. The summed E-state index contributed by atoms with van der Waals surface area (Å²) in [6.07, 6.45) is -0.00331. The zero-order valence-electron chi connectivity index (χ0n) is 9.38. The van der Waals surface area contributed by atoms with Gasteiger partial charge in [-0.2, -0.15) is 0 Å². The maximum atomic E-state index is 10.7. The number of aliphatic hydroxyl groups is 1. The quantitative estimate of drug-likeness (QED) is 0.323. The highest BCUT2D eigenvalue weighted by Crippen LogP contribution is 2.23. The lowest BCUT2D eigenvalue weighted by molar-refractivity contribution is -0.384. The molecule has 0 saturated heterocycles. The molecule has 94 valence electrons. The van der Waals surface area contributed by atoms with E-state index in [1.165, 1.54) is 12.1 Å². The van der Waals surface area contributed by atoms with E-state index in [-0.39, 0.29) is 11.5 Å². The van der Waals surface area contributed by atoms with E-state index in [0.717, 1.165) is 0 Å². The normalized spacial score (nSPS) is 11.9. The summed E-state index contributed by atoms with van der Waals surface area (Å²) in [5, 5.41) is 22.6. The van der Waals surface area contributed by atoms with Crippen molar-refractivity contribution in [3.63, 3.8) is 0 Å². The number of anilines is 2. The second kappa shape index (κ2) is 5.97. The third-order valence-electron chi connectivity index (χ3n) is 2.07. The largest absolute Gasteiger partial charge is 0.393 e. The Kier molecular flexibility index (Phi) is 4.61. The molecular weight excluding hydrogens is 226 g/mol. The summed E-state index contributed by atoms with van der Waals surface area (Å²) in [6, 6.07) is 2.73. The summed E-state index contributed by atoms with van der Waals surface area (Å²) in [4.78, 5) is 14.2. The summed E-state index contributed by atoms with van der Waals surface area (Å²) in [6.45, 7) is 2.03. The van der Waals surface area contributed by atoms with Crippen LogP contribution in [0.5, 0.6) is 0 Å². The van der Waals surface area contributed by atoms with Crippen LogP contribution in [-0.4, -0.2) is 27.7 Å². The number of hydrogen-bond donors (Lipinski definition) is 4. The lowest BCUT2D eigenvalue weighted by Gasteiger charge is -2.08. The Balaban J connectivity index is 2.82. The van der Waals surface area contributed by atoms with Gasteiger partial charge in [0.15, 0.2) is 0 Å². The number of rotatable bonds is 6. The molecule has 1 heterocycles. The Morgan fingerprint density at radius 3 is 2.88 bits per heavy atom. The van der Waals surface area contributed by atoms with Crippen molar-refractivity contribution in [1.29, 1.82) is 0 Å². The van der Waals surface area contributed by atoms with E-state index >= 15 is 0 Å². The van der Waals surface area contributed by atoms with E-state index in [9.17, 15) is 10.1 Å². The SMILES string of the molecule is CC(O)CCNc1nc(NN)ccc1[N+](=O)[O-]. The molecule has 1 aromatic rings. The maximum absolute atomic E-state index is 10.7. The Bertz CT molecular complexity index is 396. The minimum atomic E-state index is -0.530. The van der Waals surface area contributed by atoms with Gasteiger partial charge in [-0.1, -0.05) is 0 Å². The molecule has 1 aromatic heterocycles. The fourth-order valence-corrected chi connectivity index (χ4v) is 1.21. The highest BCUT2D eigenvalue weighted by atomic mass is 16.6. The topological polar surface area (TPSA) is 126 Å². The zero-order chi connectivity index (χ0) is 12.8. The van der Waals surface area contributed by atoms with Crippen molar-refractivity contribution >= 4 is 17.3 Å². The highest BCUT2D eigenvalue weighted by molar-refractivity contribution is 5.59. The van der Waals surface area contributed by atoms with Crippen LogP contribution in [0, 0.1) is 10.1 Å². The van der Waals surface area contributed by atoms with Gasteiger partial charge in [0.2, 0.25) is 5.82 Å². The number of hydrazine groups is 1. The number of hydrogen-bond acceptors (Lipinski definition) is 7. The monoisotopic (exact) mass is 241 g/mol. The second-order valence-electron chi connectivity index (χ2n) is 3.53. The number of nitro groups is 1. The van der Waals surface area contributed by atoms with Crippen molar-refractivity contribution in [2.75, 3.05) is 17.3 Å². The van der Waals surface area contributed by atoms with Gasteiger partial charge in [0.25, 0.3) is 0 Å². The van der Waals surface area contributed by atoms with Gasteiger partial charge in [-0.25, -0.2) is 10.8 Å². The molecule has 8 nitrogen and oxygen atoms in total. The molecule has 17 heavy (non-hydrogen) atoms. The molecule has 5 N–H and O–H groups in total. The van der Waals surface area contributed by atoms with Gasteiger partial charge < -0.3 is 15.8 Å². The van der Waals surface area contributed by atoms with Gasteiger partial charge in [0, 0.05) is 12.6 Å². The van der Waals surface area contributed by atoms with Crippen molar-refractivity contribution in [1.82, 2.24) is 4.98 Å².